The molecule has 0 aliphatic carbocycles. The molecule has 0 saturated carbocycles. The Morgan fingerprint density at radius 2 is 2.25 bits per heavy atom. The number of rotatable bonds is 5. The van der Waals surface area contributed by atoms with Gasteiger partial charge in [-0.2, -0.15) is 0 Å². The highest BCUT2D eigenvalue weighted by Crippen LogP contribution is 2.18. The number of nitrogen functional groups attached to an aromatic ring is 1. The van der Waals surface area contributed by atoms with Gasteiger partial charge in [-0.15, -0.1) is 0 Å². The van der Waals surface area contributed by atoms with Gasteiger partial charge in [0.05, 0.1) is 17.4 Å². The van der Waals surface area contributed by atoms with E-state index in [-0.39, 0.29) is 0 Å². The van der Waals surface area contributed by atoms with Gasteiger partial charge in [-0.05, 0) is 12.5 Å². The maximum Gasteiger partial charge on any atom is 0.252 e. The summed E-state index contributed by atoms with van der Waals surface area (Å²) >= 11 is 0. The number of amides is 1. The lowest BCUT2D eigenvalue weighted by atomic mass is 10.2. The maximum atomic E-state index is 11.3. The highest BCUT2D eigenvalue weighted by Gasteiger charge is 2.13. The number of anilines is 2. The molecule has 0 aliphatic rings. The first-order valence-electron chi connectivity index (χ1n) is 5.32. The third-order valence-electron chi connectivity index (χ3n) is 2.36. The summed E-state index contributed by atoms with van der Waals surface area (Å²) in [5.41, 5.74) is 11.7. The Morgan fingerprint density at radius 3 is 2.81 bits per heavy atom. The molecule has 0 aromatic carbocycles. The first-order chi connectivity index (χ1) is 7.56. The predicted molar refractivity (Wildman–Crippen MR) is 65.3 cm³/mol. The van der Waals surface area contributed by atoms with Crippen molar-refractivity contribution in [1.29, 1.82) is 0 Å². The van der Waals surface area contributed by atoms with Gasteiger partial charge in [0.15, 0.2) is 0 Å². The van der Waals surface area contributed by atoms with Crippen molar-refractivity contribution in [3.63, 3.8) is 0 Å². The Bertz CT molecular complexity index is 378. The molecule has 0 atom stereocenters. The molecule has 16 heavy (non-hydrogen) atoms. The summed E-state index contributed by atoms with van der Waals surface area (Å²) in [6, 6.07) is 1.56. The fourth-order valence-corrected chi connectivity index (χ4v) is 1.46. The van der Waals surface area contributed by atoms with Crippen LogP contribution in [0.4, 0.5) is 11.5 Å². The van der Waals surface area contributed by atoms with Crippen LogP contribution < -0.4 is 16.4 Å². The van der Waals surface area contributed by atoms with Crippen LogP contribution in [0, 0.1) is 0 Å². The number of carbonyl (C=O) groups excluding carboxylic acids is 1. The van der Waals surface area contributed by atoms with Gasteiger partial charge < -0.3 is 16.4 Å². The molecule has 1 amide bonds. The maximum absolute atomic E-state index is 11.3. The van der Waals surface area contributed by atoms with Crippen molar-refractivity contribution in [2.75, 3.05) is 24.2 Å². The molecule has 0 saturated heterocycles. The lowest BCUT2D eigenvalue weighted by Crippen LogP contribution is -2.24. The highest BCUT2D eigenvalue weighted by atomic mass is 16.1. The first kappa shape index (κ1) is 12.3. The van der Waals surface area contributed by atoms with Crippen LogP contribution in [0.15, 0.2) is 12.3 Å². The topological polar surface area (TPSA) is 85.2 Å². The molecular formula is C11H18N4O. The largest absolute Gasteiger partial charge is 0.397 e. The van der Waals surface area contributed by atoms with E-state index in [4.69, 9.17) is 11.5 Å². The Kier molecular flexibility index (Phi) is 4.10. The SMILES string of the molecule is CCCCN(C)c1ncc(N)cc1C(N)=O. The fourth-order valence-electron chi connectivity index (χ4n) is 1.46. The van der Waals surface area contributed by atoms with Gasteiger partial charge in [0.2, 0.25) is 0 Å². The Hall–Kier alpha value is -1.78. The molecule has 0 radical (unpaired) electrons. The average molecular weight is 222 g/mol. The number of nitrogens with two attached hydrogens (primary N) is 2. The number of primary amides is 1. The van der Waals surface area contributed by atoms with Crippen molar-refractivity contribution in [2.24, 2.45) is 5.73 Å². The van der Waals surface area contributed by atoms with E-state index in [1.54, 1.807) is 6.07 Å². The van der Waals surface area contributed by atoms with E-state index in [2.05, 4.69) is 11.9 Å². The summed E-state index contributed by atoms with van der Waals surface area (Å²) in [7, 11) is 1.89. The molecule has 1 aromatic heterocycles. The van der Waals surface area contributed by atoms with Gasteiger partial charge in [-0.1, -0.05) is 13.3 Å². The lowest BCUT2D eigenvalue weighted by Gasteiger charge is -2.19. The normalized spacial score (nSPS) is 10.1. The van der Waals surface area contributed by atoms with Gasteiger partial charge in [-0.3, -0.25) is 4.79 Å². The van der Waals surface area contributed by atoms with E-state index in [0.29, 0.717) is 17.1 Å². The molecular weight excluding hydrogens is 204 g/mol. The minimum absolute atomic E-state index is 0.374. The number of unbranched alkanes of at least 4 members (excludes halogenated alkanes) is 1. The molecule has 0 bridgehead atoms. The van der Waals surface area contributed by atoms with Gasteiger partial charge in [0, 0.05) is 13.6 Å². The quantitative estimate of drug-likeness (QED) is 0.778. The Balaban J connectivity index is 2.98. The third-order valence-corrected chi connectivity index (χ3v) is 2.36. The van der Waals surface area contributed by atoms with Gasteiger partial charge in [0.25, 0.3) is 5.91 Å². The number of aromatic nitrogens is 1. The van der Waals surface area contributed by atoms with Crippen molar-refractivity contribution in [2.45, 2.75) is 19.8 Å². The zero-order valence-corrected chi connectivity index (χ0v) is 9.73. The second kappa shape index (κ2) is 5.34. The Labute approximate surface area is 95.4 Å². The Morgan fingerprint density at radius 1 is 1.56 bits per heavy atom. The summed E-state index contributed by atoms with van der Waals surface area (Å²) < 4.78 is 0. The number of hydrogen-bond donors (Lipinski definition) is 2. The van der Waals surface area contributed by atoms with Crippen LogP contribution in [-0.4, -0.2) is 24.5 Å². The van der Waals surface area contributed by atoms with E-state index in [1.807, 2.05) is 11.9 Å². The summed E-state index contributed by atoms with van der Waals surface area (Å²) in [5, 5.41) is 0. The van der Waals surface area contributed by atoms with Crippen LogP contribution in [-0.2, 0) is 0 Å². The fraction of sp³-hybridized carbons (Fsp3) is 0.455. The summed E-state index contributed by atoms with van der Waals surface area (Å²) in [4.78, 5) is 17.3. The molecule has 1 rings (SSSR count). The minimum Gasteiger partial charge on any atom is -0.397 e. The second-order valence-corrected chi connectivity index (χ2v) is 3.78. The summed E-state index contributed by atoms with van der Waals surface area (Å²) in [6.07, 6.45) is 3.66. The number of hydrogen-bond acceptors (Lipinski definition) is 4. The van der Waals surface area contributed by atoms with E-state index in [9.17, 15) is 4.79 Å². The first-order valence-corrected chi connectivity index (χ1v) is 5.32. The van der Waals surface area contributed by atoms with Gasteiger partial charge in [-0.25, -0.2) is 4.98 Å². The molecule has 5 heteroatoms. The summed E-state index contributed by atoms with van der Waals surface area (Å²) in [5.74, 6) is 0.0910. The van der Waals surface area contributed by atoms with Crippen molar-refractivity contribution in [1.82, 2.24) is 4.98 Å². The average Bonchev–Trinajstić information content (AvgIpc) is 2.25. The monoisotopic (exact) mass is 222 g/mol. The van der Waals surface area contributed by atoms with Crippen LogP contribution in [0.2, 0.25) is 0 Å². The molecule has 88 valence electrons. The van der Waals surface area contributed by atoms with Crippen LogP contribution in [0.5, 0.6) is 0 Å². The third kappa shape index (κ3) is 2.85. The van der Waals surface area contributed by atoms with E-state index < -0.39 is 5.91 Å². The smallest absolute Gasteiger partial charge is 0.252 e. The number of carbonyl (C=O) groups is 1. The van der Waals surface area contributed by atoms with Crippen LogP contribution in [0.25, 0.3) is 0 Å². The van der Waals surface area contributed by atoms with E-state index in [0.717, 1.165) is 19.4 Å². The van der Waals surface area contributed by atoms with E-state index in [1.165, 1.54) is 6.20 Å². The molecule has 4 N–H and O–H groups in total. The van der Waals surface area contributed by atoms with Crippen molar-refractivity contribution < 1.29 is 4.79 Å². The number of nitrogens with zero attached hydrogens (tertiary/aromatic N) is 2. The molecule has 1 heterocycles. The zero-order chi connectivity index (χ0) is 12.1. The van der Waals surface area contributed by atoms with Gasteiger partial charge >= 0.3 is 0 Å². The van der Waals surface area contributed by atoms with Gasteiger partial charge in [0.1, 0.15) is 5.82 Å². The van der Waals surface area contributed by atoms with Crippen LogP contribution in [0.1, 0.15) is 30.1 Å². The van der Waals surface area contributed by atoms with Crippen LogP contribution >= 0.6 is 0 Å². The zero-order valence-electron chi connectivity index (χ0n) is 9.73. The van der Waals surface area contributed by atoms with Crippen molar-refractivity contribution in [3.05, 3.63) is 17.8 Å². The van der Waals surface area contributed by atoms with Crippen molar-refractivity contribution in [3.8, 4) is 0 Å². The second-order valence-electron chi connectivity index (χ2n) is 3.78. The molecule has 5 nitrogen and oxygen atoms in total. The molecule has 0 aliphatic heterocycles. The molecule has 1 aromatic rings. The molecule has 0 spiro atoms. The van der Waals surface area contributed by atoms with Crippen LogP contribution in [0.3, 0.4) is 0 Å². The minimum atomic E-state index is -0.502. The summed E-state index contributed by atoms with van der Waals surface area (Å²) in [6.45, 7) is 2.95. The predicted octanol–water partition coefficient (Wildman–Crippen LogP) is 0.999. The number of pyridine rings is 1. The van der Waals surface area contributed by atoms with E-state index >= 15 is 0 Å². The molecule has 0 unspecified atom stereocenters. The lowest BCUT2D eigenvalue weighted by molar-refractivity contribution is 0.100. The van der Waals surface area contributed by atoms with Crippen molar-refractivity contribution >= 4 is 17.4 Å². The standard InChI is InChI=1S/C11H18N4O/c1-3-4-5-15(2)11-9(10(13)16)6-8(12)7-14-11/h6-7H,3-5,12H2,1-2H3,(H2,13,16). The highest BCUT2D eigenvalue weighted by molar-refractivity contribution is 5.98. The molecule has 0 fully saturated rings.